The van der Waals surface area contributed by atoms with Crippen LogP contribution in [0.4, 0.5) is 0 Å². The number of hydrogen-bond acceptors (Lipinski definition) is 0. The van der Waals surface area contributed by atoms with Gasteiger partial charge < -0.3 is 0 Å². The fourth-order valence-corrected chi connectivity index (χ4v) is 1.47. The van der Waals surface area contributed by atoms with E-state index in [1.165, 1.54) is 22.3 Å². The number of hydrogen-bond donors (Lipinski definition) is 0. The zero-order valence-electron chi connectivity index (χ0n) is 8.85. The van der Waals surface area contributed by atoms with Crippen molar-refractivity contribution < 1.29 is 0 Å². The molecule has 0 radical (unpaired) electrons. The lowest BCUT2D eigenvalue weighted by molar-refractivity contribution is 1.12. The van der Waals surface area contributed by atoms with E-state index in [1.54, 1.807) is 0 Å². The second kappa shape index (κ2) is 4.27. The van der Waals surface area contributed by atoms with E-state index < -0.39 is 0 Å². The van der Waals surface area contributed by atoms with Crippen molar-refractivity contribution in [1.29, 1.82) is 0 Å². The molecule has 0 fully saturated rings. The third kappa shape index (κ3) is 2.45. The molecule has 0 heterocycles. The largest absolute Gasteiger partial charge is 0.0952 e. The Kier molecular flexibility index (Phi) is 3.30. The van der Waals surface area contributed by atoms with Crippen molar-refractivity contribution in [3.63, 3.8) is 0 Å². The first-order chi connectivity index (χ1) is 6.17. The molecule has 0 saturated carbocycles. The maximum atomic E-state index is 4.06. The first-order valence-corrected chi connectivity index (χ1v) is 4.96. The van der Waals surface area contributed by atoms with Gasteiger partial charge >= 0.3 is 0 Å². The molecule has 0 unspecified atom stereocenters. The second-order valence-electron chi connectivity index (χ2n) is 3.52. The molecule has 0 atom stereocenters. The van der Waals surface area contributed by atoms with E-state index in [4.69, 9.17) is 0 Å². The summed E-state index contributed by atoms with van der Waals surface area (Å²) in [5.74, 6) is 0. The summed E-state index contributed by atoms with van der Waals surface area (Å²) in [5.41, 5.74) is 5.28. The molecular weight excluding hydrogens is 156 g/mol. The lowest BCUT2D eigenvalue weighted by atomic mass is 9.99. The van der Waals surface area contributed by atoms with Gasteiger partial charge in [-0.15, -0.1) is 0 Å². The van der Waals surface area contributed by atoms with Crippen molar-refractivity contribution in [2.45, 2.75) is 33.6 Å². The van der Waals surface area contributed by atoms with E-state index >= 15 is 0 Å². The van der Waals surface area contributed by atoms with Crippen molar-refractivity contribution in [2.24, 2.45) is 0 Å². The lowest BCUT2D eigenvalue weighted by Crippen LogP contribution is -1.88. The molecule has 0 heteroatoms. The highest BCUT2D eigenvalue weighted by atomic mass is 14.0. The van der Waals surface area contributed by atoms with Crippen molar-refractivity contribution in [3.8, 4) is 0 Å². The molecule has 0 saturated heterocycles. The van der Waals surface area contributed by atoms with Crippen LogP contribution in [0.15, 0.2) is 24.8 Å². The minimum atomic E-state index is 1.03. The second-order valence-corrected chi connectivity index (χ2v) is 3.52. The van der Waals surface area contributed by atoms with Crippen LogP contribution in [-0.4, -0.2) is 0 Å². The SMILES string of the molecule is C=C(CC)c1cc(C)cc(CC)c1. The van der Waals surface area contributed by atoms with Crippen LogP contribution < -0.4 is 0 Å². The van der Waals surface area contributed by atoms with E-state index in [1.807, 2.05) is 0 Å². The zero-order chi connectivity index (χ0) is 9.84. The summed E-state index contributed by atoms with van der Waals surface area (Å²) < 4.78 is 0. The molecule has 13 heavy (non-hydrogen) atoms. The fourth-order valence-electron chi connectivity index (χ4n) is 1.47. The molecule has 1 rings (SSSR count). The Balaban J connectivity index is 3.08. The maximum Gasteiger partial charge on any atom is -0.0225 e. The smallest absolute Gasteiger partial charge is 0.0225 e. The van der Waals surface area contributed by atoms with Crippen LogP contribution in [0, 0.1) is 6.92 Å². The summed E-state index contributed by atoms with van der Waals surface area (Å²) in [7, 11) is 0. The molecule has 0 amide bonds. The van der Waals surface area contributed by atoms with Crippen molar-refractivity contribution >= 4 is 5.57 Å². The van der Waals surface area contributed by atoms with E-state index in [2.05, 4.69) is 45.5 Å². The molecule has 0 aromatic heterocycles. The van der Waals surface area contributed by atoms with Crippen LogP contribution in [0.1, 0.15) is 37.0 Å². The maximum absolute atomic E-state index is 4.06. The molecule has 0 aliphatic carbocycles. The summed E-state index contributed by atoms with van der Waals surface area (Å²) >= 11 is 0. The Morgan fingerprint density at radius 3 is 2.46 bits per heavy atom. The van der Waals surface area contributed by atoms with Gasteiger partial charge in [0.05, 0.1) is 0 Å². The van der Waals surface area contributed by atoms with Gasteiger partial charge in [-0.2, -0.15) is 0 Å². The number of aryl methyl sites for hydroxylation is 2. The quantitative estimate of drug-likeness (QED) is 0.650. The molecule has 0 bridgehead atoms. The van der Waals surface area contributed by atoms with Crippen LogP contribution in [0.5, 0.6) is 0 Å². The average molecular weight is 174 g/mol. The predicted molar refractivity (Wildman–Crippen MR) is 59.9 cm³/mol. The summed E-state index contributed by atoms with van der Waals surface area (Å²) in [6.45, 7) is 10.5. The van der Waals surface area contributed by atoms with Gasteiger partial charge in [-0.3, -0.25) is 0 Å². The summed E-state index contributed by atoms with van der Waals surface area (Å²) in [6, 6.07) is 6.70. The standard InChI is InChI=1S/C13H18/c1-5-11(4)13-8-10(3)7-12(6-2)9-13/h7-9H,4-6H2,1-3H3. The molecule has 0 aliphatic heterocycles. The highest BCUT2D eigenvalue weighted by molar-refractivity contribution is 5.64. The molecule has 0 spiro atoms. The zero-order valence-corrected chi connectivity index (χ0v) is 8.85. The van der Waals surface area contributed by atoms with E-state index in [9.17, 15) is 0 Å². The van der Waals surface area contributed by atoms with Gasteiger partial charge in [-0.25, -0.2) is 0 Å². The number of allylic oxidation sites excluding steroid dienone is 1. The Morgan fingerprint density at radius 1 is 1.23 bits per heavy atom. The van der Waals surface area contributed by atoms with E-state index in [0.717, 1.165) is 12.8 Å². The lowest BCUT2D eigenvalue weighted by Gasteiger charge is -2.07. The third-order valence-electron chi connectivity index (χ3n) is 2.38. The van der Waals surface area contributed by atoms with Crippen LogP contribution in [0.3, 0.4) is 0 Å². The van der Waals surface area contributed by atoms with Crippen molar-refractivity contribution in [2.75, 3.05) is 0 Å². The number of benzene rings is 1. The van der Waals surface area contributed by atoms with E-state index in [-0.39, 0.29) is 0 Å². The molecule has 0 nitrogen and oxygen atoms in total. The molecule has 70 valence electrons. The predicted octanol–water partition coefficient (Wildman–Crippen LogP) is 3.98. The highest BCUT2D eigenvalue weighted by Gasteiger charge is 1.99. The first-order valence-electron chi connectivity index (χ1n) is 4.96. The number of rotatable bonds is 3. The van der Waals surface area contributed by atoms with Crippen molar-refractivity contribution in [1.82, 2.24) is 0 Å². The Hall–Kier alpha value is -1.04. The summed E-state index contributed by atoms with van der Waals surface area (Å²) in [4.78, 5) is 0. The third-order valence-corrected chi connectivity index (χ3v) is 2.38. The summed E-state index contributed by atoms with van der Waals surface area (Å²) in [6.07, 6.45) is 2.14. The minimum absolute atomic E-state index is 1.03. The first kappa shape index (κ1) is 10.0. The van der Waals surface area contributed by atoms with Gasteiger partial charge in [-0.1, -0.05) is 44.2 Å². The average Bonchev–Trinajstić information content (AvgIpc) is 2.15. The van der Waals surface area contributed by atoms with Gasteiger partial charge in [0.2, 0.25) is 0 Å². The van der Waals surface area contributed by atoms with Crippen LogP contribution in [0.2, 0.25) is 0 Å². The normalized spacial score (nSPS) is 10.1. The topological polar surface area (TPSA) is 0 Å². The molecular formula is C13H18. The summed E-state index contributed by atoms with van der Waals surface area (Å²) in [5, 5.41) is 0. The van der Waals surface area contributed by atoms with Gasteiger partial charge in [0, 0.05) is 0 Å². The Labute approximate surface area is 81.3 Å². The van der Waals surface area contributed by atoms with Crippen LogP contribution in [-0.2, 0) is 6.42 Å². The molecule has 0 aliphatic rings. The van der Waals surface area contributed by atoms with Gasteiger partial charge in [-0.05, 0) is 36.5 Å². The van der Waals surface area contributed by atoms with Crippen LogP contribution >= 0.6 is 0 Å². The Bertz CT molecular complexity index is 308. The van der Waals surface area contributed by atoms with Crippen molar-refractivity contribution in [3.05, 3.63) is 41.5 Å². The Morgan fingerprint density at radius 2 is 1.92 bits per heavy atom. The minimum Gasteiger partial charge on any atom is -0.0952 e. The van der Waals surface area contributed by atoms with Gasteiger partial charge in [0.1, 0.15) is 0 Å². The molecule has 1 aromatic rings. The molecule has 1 aromatic carbocycles. The molecule has 0 N–H and O–H groups in total. The highest BCUT2D eigenvalue weighted by Crippen LogP contribution is 2.19. The van der Waals surface area contributed by atoms with Gasteiger partial charge in [0.15, 0.2) is 0 Å². The van der Waals surface area contributed by atoms with Crippen LogP contribution in [0.25, 0.3) is 5.57 Å². The monoisotopic (exact) mass is 174 g/mol. The van der Waals surface area contributed by atoms with E-state index in [0.29, 0.717) is 0 Å². The van der Waals surface area contributed by atoms with Gasteiger partial charge in [0.25, 0.3) is 0 Å². The fraction of sp³-hybridized carbons (Fsp3) is 0.385.